The molecule has 0 saturated carbocycles. The number of hydrogen-bond donors (Lipinski definition) is 2. The monoisotopic (exact) mass is 451 g/mol. The molecule has 0 fully saturated rings. The lowest BCUT2D eigenvalue weighted by atomic mass is 10.1. The van der Waals surface area contributed by atoms with Crippen molar-refractivity contribution in [3.8, 4) is 22.6 Å². The molecule has 0 aliphatic rings. The van der Waals surface area contributed by atoms with Crippen molar-refractivity contribution < 1.29 is 27.0 Å². The molecule has 1 heterocycles. The van der Waals surface area contributed by atoms with Gasteiger partial charge in [0.25, 0.3) is 0 Å². The fourth-order valence-corrected chi connectivity index (χ4v) is 3.20. The van der Waals surface area contributed by atoms with Crippen molar-refractivity contribution in [2.45, 2.75) is 11.8 Å². The van der Waals surface area contributed by atoms with Gasteiger partial charge >= 0.3 is 5.56 Å². The Morgan fingerprint density at radius 1 is 1.16 bits per heavy atom. The molecule has 2 aromatic carbocycles. The van der Waals surface area contributed by atoms with Crippen molar-refractivity contribution in [1.29, 1.82) is 0 Å². The van der Waals surface area contributed by atoms with Gasteiger partial charge in [0.05, 0.1) is 23.4 Å². The maximum Gasteiger partial charge on any atom is 0.314 e. The van der Waals surface area contributed by atoms with Gasteiger partial charge in [-0.25, -0.2) is 22.3 Å². The molecule has 0 spiro atoms. The number of aliphatic hydroxyl groups excluding tert-OH is 1. The first-order chi connectivity index (χ1) is 14.6. The summed E-state index contributed by atoms with van der Waals surface area (Å²) in [5, 5.41) is 18.4. The van der Waals surface area contributed by atoms with Crippen molar-refractivity contribution in [1.82, 2.24) is 9.78 Å². The Labute approximate surface area is 176 Å². The Bertz CT molecular complexity index is 1260. The van der Waals surface area contributed by atoms with E-state index in [1.165, 1.54) is 36.5 Å². The first-order valence-corrected chi connectivity index (χ1v) is 10.6. The van der Waals surface area contributed by atoms with E-state index >= 15 is 0 Å². The van der Waals surface area contributed by atoms with Crippen LogP contribution in [0.5, 0.6) is 5.75 Å². The molecule has 0 amide bonds. The maximum atomic E-state index is 13.6. The zero-order valence-corrected chi connectivity index (χ0v) is 17.1. The molecule has 3 N–H and O–H groups in total. The number of ether oxygens (including phenoxy) is 1. The third-order valence-corrected chi connectivity index (χ3v) is 5.33. The summed E-state index contributed by atoms with van der Waals surface area (Å²) in [5.74, 6) is -2.66. The smallest absolute Gasteiger partial charge is 0.314 e. The minimum absolute atomic E-state index is 0.00417. The van der Waals surface area contributed by atoms with Crippen molar-refractivity contribution in [3.05, 3.63) is 70.6 Å². The van der Waals surface area contributed by atoms with Crippen LogP contribution in [0.25, 0.3) is 16.8 Å². The number of aliphatic hydroxyl groups is 1. The van der Waals surface area contributed by atoms with Crippen LogP contribution < -0.4 is 15.4 Å². The number of nitrogens with zero attached hydrogens (tertiary/aromatic N) is 2. The Morgan fingerprint density at radius 2 is 1.84 bits per heavy atom. The van der Waals surface area contributed by atoms with Crippen LogP contribution >= 0.6 is 0 Å². The van der Waals surface area contributed by atoms with Crippen LogP contribution in [0.2, 0.25) is 0 Å². The van der Waals surface area contributed by atoms with Gasteiger partial charge in [0.15, 0.2) is 17.4 Å². The summed E-state index contributed by atoms with van der Waals surface area (Å²) >= 11 is 0. The summed E-state index contributed by atoms with van der Waals surface area (Å²) in [6, 6.07) is 8.28. The largest absolute Gasteiger partial charge is 0.487 e. The highest BCUT2D eigenvalue weighted by Crippen LogP contribution is 2.28. The van der Waals surface area contributed by atoms with E-state index in [-0.39, 0.29) is 41.0 Å². The van der Waals surface area contributed by atoms with Crippen LogP contribution in [0.1, 0.15) is 6.92 Å². The molecule has 0 aliphatic carbocycles. The number of sulfonamides is 1. The SMILES string of the molecule is C[C@H](CO)COc1c(-c2ccc(S(N)(=O)=O)cc2)cnn(-c2ccc(F)c(F)c2)c1=O. The highest BCUT2D eigenvalue weighted by molar-refractivity contribution is 7.89. The van der Waals surface area contributed by atoms with Gasteiger partial charge in [-0.05, 0) is 29.8 Å². The summed E-state index contributed by atoms with van der Waals surface area (Å²) in [6.45, 7) is 1.52. The third-order valence-electron chi connectivity index (χ3n) is 4.40. The Balaban J connectivity index is 2.13. The van der Waals surface area contributed by atoms with Gasteiger partial charge in [-0.2, -0.15) is 9.78 Å². The van der Waals surface area contributed by atoms with E-state index < -0.39 is 27.2 Å². The quantitative estimate of drug-likeness (QED) is 0.565. The normalized spacial score (nSPS) is 12.5. The van der Waals surface area contributed by atoms with E-state index in [0.29, 0.717) is 5.56 Å². The molecule has 164 valence electrons. The van der Waals surface area contributed by atoms with E-state index in [0.717, 1.165) is 16.8 Å². The lowest BCUT2D eigenvalue weighted by Crippen LogP contribution is -2.25. The average Bonchev–Trinajstić information content (AvgIpc) is 2.74. The van der Waals surface area contributed by atoms with Gasteiger partial charge < -0.3 is 9.84 Å². The number of rotatable bonds is 7. The Kier molecular flexibility index (Phi) is 6.48. The van der Waals surface area contributed by atoms with Crippen molar-refractivity contribution in [3.63, 3.8) is 0 Å². The molecule has 0 aliphatic heterocycles. The maximum absolute atomic E-state index is 13.6. The van der Waals surface area contributed by atoms with E-state index in [4.69, 9.17) is 9.88 Å². The van der Waals surface area contributed by atoms with Crippen LogP contribution in [0.15, 0.2) is 58.4 Å². The molecule has 0 unspecified atom stereocenters. The van der Waals surface area contributed by atoms with Crippen LogP contribution in [-0.2, 0) is 10.0 Å². The van der Waals surface area contributed by atoms with Gasteiger partial charge in [0.2, 0.25) is 10.0 Å². The van der Waals surface area contributed by atoms with Crippen molar-refractivity contribution in [2.24, 2.45) is 11.1 Å². The number of nitrogens with two attached hydrogens (primary N) is 1. The lowest BCUT2D eigenvalue weighted by molar-refractivity contribution is 0.173. The molecule has 31 heavy (non-hydrogen) atoms. The van der Waals surface area contributed by atoms with Gasteiger partial charge in [0, 0.05) is 24.2 Å². The standard InChI is InChI=1S/C20H19F2N3O5S/c1-12(10-26)11-30-19-16(13-2-5-15(6-3-13)31(23,28)29)9-24-25(20(19)27)14-4-7-17(21)18(22)8-14/h2-9,12,26H,10-11H2,1H3,(H2,23,28,29)/t12-/m1/s1. The Morgan fingerprint density at radius 3 is 2.42 bits per heavy atom. The van der Waals surface area contributed by atoms with Crippen molar-refractivity contribution >= 4 is 10.0 Å². The number of aromatic nitrogens is 2. The summed E-state index contributed by atoms with van der Waals surface area (Å²) in [5.41, 5.74) is -0.0970. The summed E-state index contributed by atoms with van der Waals surface area (Å²) in [4.78, 5) is 13.0. The van der Waals surface area contributed by atoms with Crippen LogP contribution in [0.4, 0.5) is 8.78 Å². The molecule has 1 aromatic heterocycles. The van der Waals surface area contributed by atoms with Crippen molar-refractivity contribution in [2.75, 3.05) is 13.2 Å². The summed E-state index contributed by atoms with van der Waals surface area (Å²) < 4.78 is 56.3. The highest BCUT2D eigenvalue weighted by Gasteiger charge is 2.18. The molecule has 3 rings (SSSR count). The molecular weight excluding hydrogens is 432 g/mol. The van der Waals surface area contributed by atoms with Crippen LogP contribution in [0.3, 0.4) is 0 Å². The summed E-state index contributed by atoms with van der Waals surface area (Å²) in [6.07, 6.45) is 1.29. The molecule has 11 heteroatoms. The molecule has 0 radical (unpaired) electrons. The second-order valence-corrected chi connectivity index (χ2v) is 8.43. The number of primary sulfonamides is 1. The fraction of sp³-hybridized carbons (Fsp3) is 0.200. The fourth-order valence-electron chi connectivity index (χ4n) is 2.69. The highest BCUT2D eigenvalue weighted by atomic mass is 32.2. The molecular formula is C20H19F2N3O5S. The van der Waals surface area contributed by atoms with Gasteiger partial charge in [0.1, 0.15) is 0 Å². The number of halogens is 2. The molecule has 3 aromatic rings. The van der Waals surface area contributed by atoms with E-state index in [2.05, 4.69) is 5.10 Å². The molecule has 8 nitrogen and oxygen atoms in total. The average molecular weight is 451 g/mol. The summed E-state index contributed by atoms with van der Waals surface area (Å²) in [7, 11) is -3.90. The van der Waals surface area contributed by atoms with Gasteiger partial charge in [-0.1, -0.05) is 19.1 Å². The lowest BCUT2D eigenvalue weighted by Gasteiger charge is -2.15. The van der Waals surface area contributed by atoms with E-state index in [1.54, 1.807) is 6.92 Å². The van der Waals surface area contributed by atoms with E-state index in [1.807, 2.05) is 0 Å². The Hall–Kier alpha value is -3.15. The molecule has 0 saturated heterocycles. The predicted octanol–water partition coefficient (Wildman–Crippen LogP) is 1.83. The molecule has 1 atom stereocenters. The third kappa shape index (κ3) is 4.95. The van der Waals surface area contributed by atoms with Gasteiger partial charge in [-0.3, -0.25) is 4.79 Å². The molecule has 0 bridgehead atoms. The number of hydrogen-bond acceptors (Lipinski definition) is 6. The predicted molar refractivity (Wildman–Crippen MR) is 108 cm³/mol. The van der Waals surface area contributed by atoms with Gasteiger partial charge in [-0.15, -0.1) is 0 Å². The minimum Gasteiger partial charge on any atom is -0.487 e. The van der Waals surface area contributed by atoms with E-state index in [9.17, 15) is 27.1 Å². The minimum atomic E-state index is -3.90. The second kappa shape index (κ2) is 8.92. The zero-order chi connectivity index (χ0) is 22.8. The second-order valence-electron chi connectivity index (χ2n) is 6.87. The first-order valence-electron chi connectivity index (χ1n) is 9.06. The van der Waals surface area contributed by atoms with Crippen LogP contribution in [0, 0.1) is 17.6 Å². The first kappa shape index (κ1) is 22.5. The van der Waals surface area contributed by atoms with Crippen LogP contribution in [-0.4, -0.2) is 36.5 Å². The zero-order valence-electron chi connectivity index (χ0n) is 16.3. The topological polar surface area (TPSA) is 125 Å². The number of benzene rings is 2.